The highest BCUT2D eigenvalue weighted by molar-refractivity contribution is 6.00. The van der Waals surface area contributed by atoms with Crippen LogP contribution < -0.4 is 11.1 Å². The van der Waals surface area contributed by atoms with Gasteiger partial charge in [-0.05, 0) is 25.1 Å². The predicted molar refractivity (Wildman–Crippen MR) is 93.1 cm³/mol. The molecule has 0 aromatic heterocycles. The Morgan fingerprint density at radius 2 is 1.61 bits per heavy atom. The Hall–Kier alpha value is -1.52. The van der Waals surface area contributed by atoms with Crippen molar-refractivity contribution < 1.29 is 35.9 Å². The first-order valence-corrected chi connectivity index (χ1v) is 8.14. The number of rotatable bonds is 4. The van der Waals surface area contributed by atoms with E-state index in [-0.39, 0.29) is 31.0 Å². The van der Waals surface area contributed by atoms with Crippen molar-refractivity contribution in [2.75, 3.05) is 11.9 Å². The molecular weight excluding hydrogens is 414 g/mol. The number of nitrogens with one attached hydrogen (secondary N) is 1. The van der Waals surface area contributed by atoms with Crippen molar-refractivity contribution in [3.8, 4) is 0 Å². The molecule has 0 spiro atoms. The van der Waals surface area contributed by atoms with E-state index in [4.69, 9.17) is 10.5 Å². The van der Waals surface area contributed by atoms with Crippen LogP contribution in [0.25, 0.3) is 0 Å². The van der Waals surface area contributed by atoms with Crippen LogP contribution in [0.5, 0.6) is 0 Å². The number of ether oxygens (including phenoxy) is 1. The van der Waals surface area contributed by atoms with Gasteiger partial charge < -0.3 is 15.8 Å². The van der Waals surface area contributed by atoms with Gasteiger partial charge in [0.15, 0.2) is 0 Å². The molecule has 1 aromatic rings. The molecule has 28 heavy (non-hydrogen) atoms. The predicted octanol–water partition coefficient (Wildman–Crippen LogP) is 4.62. The van der Waals surface area contributed by atoms with Gasteiger partial charge in [-0.15, -0.1) is 12.4 Å². The molecule has 1 aliphatic rings. The van der Waals surface area contributed by atoms with Crippen LogP contribution in [-0.2, 0) is 21.9 Å². The van der Waals surface area contributed by atoms with Crippen molar-refractivity contribution in [2.45, 2.75) is 51.2 Å². The minimum absolute atomic E-state index is 0. The van der Waals surface area contributed by atoms with Crippen LogP contribution in [0.2, 0.25) is 0 Å². The summed E-state index contributed by atoms with van der Waals surface area (Å²) in [6.45, 7) is 5.45. The van der Waals surface area contributed by atoms with Crippen LogP contribution >= 0.6 is 12.4 Å². The van der Waals surface area contributed by atoms with Crippen LogP contribution in [0.4, 0.5) is 32.0 Å². The van der Waals surface area contributed by atoms with Gasteiger partial charge >= 0.3 is 12.4 Å². The number of hydrogen-bond acceptors (Lipinski definition) is 3. The maximum absolute atomic E-state index is 12.9. The van der Waals surface area contributed by atoms with Gasteiger partial charge in [0.2, 0.25) is 5.91 Å². The second kappa shape index (κ2) is 7.72. The van der Waals surface area contributed by atoms with Crippen LogP contribution in [0, 0.1) is 5.41 Å². The first kappa shape index (κ1) is 24.5. The first-order valence-electron chi connectivity index (χ1n) is 8.14. The summed E-state index contributed by atoms with van der Waals surface area (Å²) in [5, 5.41) is 2.11. The van der Waals surface area contributed by atoms with Crippen molar-refractivity contribution in [1.29, 1.82) is 0 Å². The minimum atomic E-state index is -5.00. The Bertz CT molecular complexity index is 703. The zero-order chi connectivity index (χ0) is 20.8. The number of nitrogens with two attached hydrogens (primary N) is 1. The van der Waals surface area contributed by atoms with Gasteiger partial charge in [-0.3, -0.25) is 4.79 Å². The fourth-order valence-electron chi connectivity index (χ4n) is 3.09. The van der Waals surface area contributed by atoms with Gasteiger partial charge in [-0.2, -0.15) is 26.3 Å². The summed E-state index contributed by atoms with van der Waals surface area (Å²) in [4.78, 5) is 12.5. The lowest BCUT2D eigenvalue weighted by molar-refractivity contribution is -0.166. The van der Waals surface area contributed by atoms with Gasteiger partial charge in [0, 0.05) is 24.1 Å². The second-order valence-corrected chi connectivity index (χ2v) is 7.09. The Kier molecular flexibility index (Phi) is 6.76. The van der Waals surface area contributed by atoms with E-state index in [1.54, 1.807) is 20.8 Å². The van der Waals surface area contributed by atoms with E-state index in [9.17, 15) is 31.1 Å². The third-order valence-corrected chi connectivity index (χ3v) is 5.08. The number of anilines is 1. The fourth-order valence-corrected chi connectivity index (χ4v) is 3.09. The highest BCUT2D eigenvalue weighted by atomic mass is 35.5. The maximum Gasteiger partial charge on any atom is 0.416 e. The van der Waals surface area contributed by atoms with E-state index in [0.29, 0.717) is 18.7 Å². The molecule has 1 aromatic carbocycles. The first-order chi connectivity index (χ1) is 12.1. The molecule has 1 aliphatic carbocycles. The Labute approximate surface area is 164 Å². The molecular formula is C17H21ClF6N2O2. The number of carbonyl (C=O) groups excluding carboxylic acids is 1. The molecule has 3 N–H and O–H groups in total. The number of benzene rings is 1. The summed E-state index contributed by atoms with van der Waals surface area (Å²) in [5.41, 5.74) is 0.119. The van der Waals surface area contributed by atoms with E-state index >= 15 is 0 Å². The molecule has 0 radical (unpaired) electrons. The SMILES string of the molecule is CCOC1CC(N)(C(=O)Nc2cc(C(F)(F)F)cc(C(F)(F)F)c2)C1(C)C.Cl. The molecule has 0 bridgehead atoms. The normalized spacial score (nSPS) is 24.1. The molecule has 4 nitrogen and oxygen atoms in total. The summed E-state index contributed by atoms with van der Waals surface area (Å²) in [7, 11) is 0. The highest BCUT2D eigenvalue weighted by Crippen LogP contribution is 2.50. The standard InChI is InChI=1S/C17H20F6N2O2.ClH/c1-4-27-12-8-15(24,14(12,2)3)13(26)25-11-6-9(16(18,19)20)5-10(7-11)17(21,22)23;/h5-7,12H,4,8,24H2,1-3H3,(H,25,26);1H. The molecule has 0 heterocycles. The van der Waals surface area contributed by atoms with Crippen molar-refractivity contribution in [3.63, 3.8) is 0 Å². The number of alkyl halides is 6. The largest absolute Gasteiger partial charge is 0.416 e. The Morgan fingerprint density at radius 1 is 1.14 bits per heavy atom. The van der Waals surface area contributed by atoms with Crippen LogP contribution in [0.1, 0.15) is 38.3 Å². The van der Waals surface area contributed by atoms with Crippen molar-refractivity contribution in [2.24, 2.45) is 11.1 Å². The van der Waals surface area contributed by atoms with Crippen LogP contribution in [-0.4, -0.2) is 24.2 Å². The van der Waals surface area contributed by atoms with Gasteiger partial charge in [0.05, 0.1) is 17.2 Å². The third kappa shape index (κ3) is 4.38. The van der Waals surface area contributed by atoms with Gasteiger partial charge in [0.25, 0.3) is 0 Å². The summed E-state index contributed by atoms with van der Waals surface area (Å²) in [5.74, 6) is -0.865. The number of amides is 1. The number of halogens is 7. The summed E-state index contributed by atoms with van der Waals surface area (Å²) in [6.07, 6.45) is -10.2. The third-order valence-electron chi connectivity index (χ3n) is 5.08. The van der Waals surface area contributed by atoms with Gasteiger partial charge in [-0.1, -0.05) is 13.8 Å². The number of hydrogen-bond donors (Lipinski definition) is 2. The molecule has 11 heteroatoms. The van der Waals surface area contributed by atoms with E-state index in [0.717, 1.165) is 0 Å². The van der Waals surface area contributed by atoms with Crippen LogP contribution in [0.3, 0.4) is 0 Å². The van der Waals surface area contributed by atoms with Crippen molar-refractivity contribution in [3.05, 3.63) is 29.3 Å². The lowest BCUT2D eigenvalue weighted by Crippen LogP contribution is -2.74. The maximum atomic E-state index is 12.9. The number of carbonyl (C=O) groups is 1. The van der Waals surface area contributed by atoms with Gasteiger partial charge in [-0.25, -0.2) is 0 Å². The Balaban J connectivity index is 0.00000392. The summed E-state index contributed by atoms with van der Waals surface area (Å²) < 4.78 is 83.0. The highest BCUT2D eigenvalue weighted by Gasteiger charge is 2.62. The lowest BCUT2D eigenvalue weighted by atomic mass is 9.54. The molecule has 160 valence electrons. The molecule has 0 aliphatic heterocycles. The van der Waals surface area contributed by atoms with Crippen molar-refractivity contribution >= 4 is 24.0 Å². The topological polar surface area (TPSA) is 64.3 Å². The van der Waals surface area contributed by atoms with E-state index in [1.165, 1.54) is 0 Å². The average Bonchev–Trinajstić information content (AvgIpc) is 2.52. The molecule has 2 unspecified atom stereocenters. The lowest BCUT2D eigenvalue weighted by Gasteiger charge is -2.57. The zero-order valence-corrected chi connectivity index (χ0v) is 16.1. The average molecular weight is 435 g/mol. The van der Waals surface area contributed by atoms with E-state index in [1.807, 2.05) is 0 Å². The summed E-state index contributed by atoms with van der Waals surface area (Å²) >= 11 is 0. The molecule has 1 fully saturated rings. The molecule has 1 saturated carbocycles. The zero-order valence-electron chi connectivity index (χ0n) is 15.3. The minimum Gasteiger partial charge on any atom is -0.378 e. The monoisotopic (exact) mass is 434 g/mol. The molecule has 1 amide bonds. The summed E-state index contributed by atoms with van der Waals surface area (Å²) in [6, 6.07) is 0.886. The van der Waals surface area contributed by atoms with Crippen LogP contribution in [0.15, 0.2) is 18.2 Å². The van der Waals surface area contributed by atoms with E-state index < -0.39 is 46.0 Å². The quantitative estimate of drug-likeness (QED) is 0.680. The fraction of sp³-hybridized carbons (Fsp3) is 0.588. The Morgan fingerprint density at radius 3 is 1.96 bits per heavy atom. The van der Waals surface area contributed by atoms with Gasteiger partial charge in [0.1, 0.15) is 5.54 Å². The van der Waals surface area contributed by atoms with Crippen molar-refractivity contribution in [1.82, 2.24) is 0 Å². The van der Waals surface area contributed by atoms with E-state index in [2.05, 4.69) is 5.32 Å². The second-order valence-electron chi connectivity index (χ2n) is 7.09. The smallest absolute Gasteiger partial charge is 0.378 e. The molecule has 0 saturated heterocycles. The molecule has 2 atom stereocenters. The molecule has 2 rings (SSSR count).